The largest absolute Gasteiger partial charge is 0.481 e. The van der Waals surface area contributed by atoms with Crippen LogP contribution in [0.3, 0.4) is 0 Å². The van der Waals surface area contributed by atoms with Crippen molar-refractivity contribution in [3.05, 3.63) is 77.2 Å². The minimum atomic E-state index is -4.20. The van der Waals surface area contributed by atoms with Gasteiger partial charge in [0.05, 0.1) is 35.6 Å². The normalized spacial score (nSPS) is 13.5. The maximum absolute atomic E-state index is 13.8. The van der Waals surface area contributed by atoms with Crippen LogP contribution < -0.4 is 0 Å². The molecule has 1 unspecified atom stereocenters. The van der Waals surface area contributed by atoms with Gasteiger partial charge in [-0.25, -0.2) is 4.39 Å². The van der Waals surface area contributed by atoms with Crippen LogP contribution >= 0.6 is 7.37 Å². The summed E-state index contributed by atoms with van der Waals surface area (Å²) in [5, 5.41) is 18.7. The maximum atomic E-state index is 13.8. The summed E-state index contributed by atoms with van der Waals surface area (Å²) in [5.74, 6) is 1.09. The molecule has 0 radical (unpaired) electrons. The number of aromatic nitrogens is 1. The molecule has 6 nitrogen and oxygen atoms in total. The lowest BCUT2D eigenvalue weighted by molar-refractivity contribution is -0.138. The number of nitrogens with zero attached hydrogens (tertiary/aromatic N) is 1. The van der Waals surface area contributed by atoms with Crippen molar-refractivity contribution in [3.63, 3.8) is 0 Å². The molecule has 0 aliphatic heterocycles. The number of aliphatic hydroxyl groups excluding tert-OH is 1. The first kappa shape index (κ1) is 27.3. The summed E-state index contributed by atoms with van der Waals surface area (Å²) in [6.45, 7) is 5.86. The van der Waals surface area contributed by atoms with Crippen LogP contribution in [0.4, 0.5) is 4.39 Å². The third-order valence-electron chi connectivity index (χ3n) is 5.63. The van der Waals surface area contributed by atoms with Crippen molar-refractivity contribution >= 4 is 13.3 Å². The number of carboxylic acid groups (broad SMARTS) is 1. The molecule has 0 aliphatic carbocycles. The Morgan fingerprint density at radius 3 is 2.28 bits per heavy atom. The van der Waals surface area contributed by atoms with Gasteiger partial charge in [-0.05, 0) is 41.3 Å². The van der Waals surface area contributed by atoms with Gasteiger partial charge in [-0.1, -0.05) is 69.2 Å². The van der Waals surface area contributed by atoms with Gasteiger partial charge >= 0.3 is 5.97 Å². The lowest BCUT2D eigenvalue weighted by atomic mass is 9.87. The molecule has 8 heteroatoms. The van der Waals surface area contributed by atoms with Crippen LogP contribution in [0.15, 0.2) is 54.6 Å². The molecule has 3 rings (SSSR count). The molecule has 36 heavy (non-hydrogen) atoms. The summed E-state index contributed by atoms with van der Waals surface area (Å²) in [7, 11) is -4.20. The Morgan fingerprint density at radius 2 is 1.72 bits per heavy atom. The Bertz CT molecular complexity index is 1340. The summed E-state index contributed by atoms with van der Waals surface area (Å²) >= 11 is 0. The standard InChI is InChI=1S/C28H29FNO5P/c1-4-23-26(19-10-12-21(29)13-11-19)24(14-15-36(34,35)17-22(31)16-25(32)33)27(18(2)3)30-28(23)20-8-6-5-7-9-20/h5-13,18,22,31H,4,16-17H2,1-3H3,(H,32,33)(H,34,35)/t22-/m1/s1. The van der Waals surface area contributed by atoms with Crippen molar-refractivity contribution < 1.29 is 28.9 Å². The molecule has 188 valence electrons. The lowest BCUT2D eigenvalue weighted by Gasteiger charge is -2.21. The first-order valence-electron chi connectivity index (χ1n) is 11.7. The Kier molecular flexibility index (Phi) is 8.81. The molecule has 3 N–H and O–H groups in total. The Morgan fingerprint density at radius 1 is 1.08 bits per heavy atom. The number of hydrogen-bond acceptors (Lipinski definition) is 4. The number of rotatable bonds is 8. The molecule has 0 fully saturated rings. The number of aliphatic carboxylic acids is 1. The number of aliphatic hydroxyl groups is 1. The van der Waals surface area contributed by atoms with E-state index in [1.54, 1.807) is 12.1 Å². The van der Waals surface area contributed by atoms with Gasteiger partial charge in [0.15, 0.2) is 0 Å². The highest BCUT2D eigenvalue weighted by atomic mass is 31.2. The topological polar surface area (TPSA) is 108 Å². The fraction of sp³-hybridized carbons (Fsp3) is 0.286. The smallest absolute Gasteiger partial charge is 0.305 e. The summed E-state index contributed by atoms with van der Waals surface area (Å²) < 4.78 is 26.5. The molecule has 1 aromatic heterocycles. The Labute approximate surface area is 210 Å². The molecule has 0 saturated carbocycles. The number of benzene rings is 2. The number of carbonyl (C=O) groups is 1. The zero-order valence-corrected chi connectivity index (χ0v) is 21.3. The van der Waals surface area contributed by atoms with Crippen molar-refractivity contribution in [1.82, 2.24) is 4.98 Å². The quantitative estimate of drug-likeness (QED) is 0.267. The van der Waals surface area contributed by atoms with Crippen molar-refractivity contribution in [1.29, 1.82) is 0 Å². The van der Waals surface area contributed by atoms with Gasteiger partial charge in [0.1, 0.15) is 5.82 Å². The first-order valence-corrected chi connectivity index (χ1v) is 13.5. The molecule has 1 heterocycles. The molecule has 3 aromatic rings. The van der Waals surface area contributed by atoms with E-state index in [1.807, 2.05) is 51.1 Å². The van der Waals surface area contributed by atoms with E-state index in [1.165, 1.54) is 12.1 Å². The fourth-order valence-electron chi connectivity index (χ4n) is 4.04. The Hall–Kier alpha value is -3.30. The second-order valence-corrected chi connectivity index (χ2v) is 10.8. The van der Waals surface area contributed by atoms with E-state index < -0.39 is 37.8 Å². The third-order valence-corrected chi connectivity index (χ3v) is 7.01. The molecule has 0 spiro atoms. The van der Waals surface area contributed by atoms with E-state index in [4.69, 9.17) is 10.1 Å². The number of hydrogen-bond donors (Lipinski definition) is 3. The van der Waals surface area contributed by atoms with E-state index in [0.717, 1.165) is 16.8 Å². The van der Waals surface area contributed by atoms with Crippen LogP contribution in [0.5, 0.6) is 0 Å². The molecule has 2 aromatic carbocycles. The minimum Gasteiger partial charge on any atom is -0.481 e. The van der Waals surface area contributed by atoms with Crippen LogP contribution in [-0.4, -0.2) is 38.3 Å². The highest BCUT2D eigenvalue weighted by Gasteiger charge is 2.25. The summed E-state index contributed by atoms with van der Waals surface area (Å²) in [4.78, 5) is 26.2. The van der Waals surface area contributed by atoms with Gasteiger partial charge in [-0.2, -0.15) is 0 Å². The van der Waals surface area contributed by atoms with Gasteiger partial charge in [0, 0.05) is 11.1 Å². The molecular formula is C28H29FNO5P. The van der Waals surface area contributed by atoms with E-state index >= 15 is 0 Å². The Balaban J connectivity index is 2.30. The number of pyridine rings is 1. The SMILES string of the molecule is CCc1c(-c2ccccc2)nc(C(C)C)c(C#CP(=O)(O)C[C@H](O)CC(=O)O)c1-c1ccc(F)cc1. The average Bonchev–Trinajstić information content (AvgIpc) is 2.81. The van der Waals surface area contributed by atoms with Crippen molar-refractivity contribution in [2.45, 2.75) is 45.6 Å². The molecule has 0 aliphatic rings. The van der Waals surface area contributed by atoms with Crippen molar-refractivity contribution in [2.24, 2.45) is 0 Å². The molecule has 0 bridgehead atoms. The van der Waals surface area contributed by atoms with Crippen molar-refractivity contribution in [2.75, 3.05) is 6.16 Å². The van der Waals surface area contributed by atoms with Gasteiger partial charge in [-0.15, -0.1) is 0 Å². The highest BCUT2D eigenvalue weighted by molar-refractivity contribution is 7.63. The highest BCUT2D eigenvalue weighted by Crippen LogP contribution is 2.42. The van der Waals surface area contributed by atoms with Gasteiger partial charge in [-0.3, -0.25) is 14.3 Å². The maximum Gasteiger partial charge on any atom is 0.305 e. The van der Waals surface area contributed by atoms with Crippen LogP contribution in [0.25, 0.3) is 22.4 Å². The van der Waals surface area contributed by atoms with Crippen LogP contribution in [0.2, 0.25) is 0 Å². The predicted molar refractivity (Wildman–Crippen MR) is 138 cm³/mol. The minimum absolute atomic E-state index is 0.0995. The molecule has 0 saturated heterocycles. The average molecular weight is 510 g/mol. The molecule has 2 atom stereocenters. The lowest BCUT2D eigenvalue weighted by Crippen LogP contribution is -2.17. The van der Waals surface area contributed by atoms with Crippen molar-refractivity contribution in [3.8, 4) is 34.0 Å². The first-order chi connectivity index (χ1) is 17.0. The monoisotopic (exact) mass is 509 g/mol. The van der Waals surface area contributed by atoms with Gasteiger partial charge < -0.3 is 15.1 Å². The predicted octanol–water partition coefficient (Wildman–Crippen LogP) is 5.66. The summed E-state index contributed by atoms with van der Waals surface area (Å²) in [6, 6.07) is 15.6. The number of halogens is 1. The summed E-state index contributed by atoms with van der Waals surface area (Å²) in [6.07, 6.45) is -2.24. The van der Waals surface area contributed by atoms with E-state index in [9.17, 15) is 23.7 Å². The van der Waals surface area contributed by atoms with Gasteiger partial charge in [0.2, 0.25) is 0 Å². The molecule has 0 amide bonds. The van der Waals surface area contributed by atoms with Crippen LogP contribution in [0.1, 0.15) is 49.9 Å². The summed E-state index contributed by atoms with van der Waals surface area (Å²) in [5.41, 5.74) is 7.39. The zero-order valence-electron chi connectivity index (χ0n) is 20.4. The molecular weight excluding hydrogens is 480 g/mol. The number of carboxylic acids is 1. The van der Waals surface area contributed by atoms with Crippen LogP contribution in [-0.2, 0) is 15.8 Å². The van der Waals surface area contributed by atoms with Gasteiger partial charge in [0.25, 0.3) is 7.37 Å². The third kappa shape index (κ3) is 6.67. The second-order valence-electron chi connectivity index (χ2n) is 8.83. The zero-order chi connectivity index (χ0) is 26.5. The van der Waals surface area contributed by atoms with E-state index in [-0.39, 0.29) is 5.92 Å². The van der Waals surface area contributed by atoms with E-state index in [2.05, 4.69) is 11.6 Å². The van der Waals surface area contributed by atoms with Crippen LogP contribution in [0, 0.1) is 17.4 Å². The van der Waals surface area contributed by atoms with E-state index in [0.29, 0.717) is 28.8 Å². The second kappa shape index (κ2) is 11.6. The fourth-order valence-corrected chi connectivity index (χ4v) is 5.12.